The summed E-state index contributed by atoms with van der Waals surface area (Å²) in [4.78, 5) is 19.3. The third kappa shape index (κ3) is 5.00. The number of guanidine groups is 1. The van der Waals surface area contributed by atoms with E-state index in [-0.39, 0.29) is 42.2 Å². The van der Waals surface area contributed by atoms with Gasteiger partial charge in [-0.3, -0.25) is 4.79 Å². The Morgan fingerprint density at radius 3 is 2.41 bits per heavy atom. The molecule has 2 rings (SSSR count). The van der Waals surface area contributed by atoms with Crippen LogP contribution in [0.15, 0.2) is 29.3 Å². The molecule has 1 aliphatic rings. The van der Waals surface area contributed by atoms with E-state index in [1.54, 1.807) is 19.2 Å². The fraction of sp³-hybridized carbons (Fsp3) is 0.429. The number of amides is 1. The number of likely N-dealkylation sites (N-methyl/N-ethyl adjacent to an activating group) is 1. The molecule has 1 saturated heterocycles. The van der Waals surface area contributed by atoms with E-state index in [0.29, 0.717) is 5.96 Å². The maximum atomic E-state index is 12.9. The van der Waals surface area contributed by atoms with Crippen molar-refractivity contribution in [3.8, 4) is 0 Å². The zero-order chi connectivity index (χ0) is 15.2. The molecule has 0 aromatic heterocycles. The molecule has 0 atom stereocenters. The third-order valence-electron chi connectivity index (χ3n) is 3.46. The van der Waals surface area contributed by atoms with Crippen molar-refractivity contribution in [1.29, 1.82) is 0 Å². The second-order valence-electron chi connectivity index (χ2n) is 4.80. The fourth-order valence-corrected chi connectivity index (χ4v) is 2.18. The van der Waals surface area contributed by atoms with Crippen LogP contribution in [0.1, 0.15) is 0 Å². The average Bonchev–Trinajstić information content (AvgIpc) is 2.53. The van der Waals surface area contributed by atoms with E-state index >= 15 is 0 Å². The predicted molar refractivity (Wildman–Crippen MR) is 96.2 cm³/mol. The van der Waals surface area contributed by atoms with E-state index in [2.05, 4.69) is 15.2 Å². The number of piperazine rings is 1. The van der Waals surface area contributed by atoms with Crippen molar-refractivity contribution in [3.63, 3.8) is 0 Å². The molecule has 0 saturated carbocycles. The predicted octanol–water partition coefficient (Wildman–Crippen LogP) is 0.626. The van der Waals surface area contributed by atoms with Crippen LogP contribution in [0.2, 0.25) is 0 Å². The Hall–Kier alpha value is -1.58. The number of nitrogens with two attached hydrogens (primary N) is 1. The van der Waals surface area contributed by atoms with E-state index in [1.165, 1.54) is 12.1 Å². The molecule has 22 heavy (non-hydrogen) atoms. The van der Waals surface area contributed by atoms with Gasteiger partial charge >= 0.3 is 0 Å². The van der Waals surface area contributed by atoms with Crippen LogP contribution >= 0.6 is 24.0 Å². The minimum atomic E-state index is -0.233. The zero-order valence-electron chi connectivity index (χ0n) is 12.5. The number of hydrogen-bond donors (Lipinski definition) is 2. The molecule has 1 aromatic rings. The molecule has 1 aromatic carbocycles. The maximum Gasteiger partial charge on any atom is 0.241 e. The molecule has 1 aliphatic heterocycles. The van der Waals surface area contributed by atoms with Gasteiger partial charge in [-0.05, 0) is 24.3 Å². The van der Waals surface area contributed by atoms with E-state index in [9.17, 15) is 9.18 Å². The van der Waals surface area contributed by atoms with Gasteiger partial charge in [0.25, 0.3) is 0 Å². The molecule has 122 valence electrons. The monoisotopic (exact) mass is 421 g/mol. The van der Waals surface area contributed by atoms with Crippen molar-refractivity contribution in [2.45, 2.75) is 0 Å². The van der Waals surface area contributed by atoms with Crippen molar-refractivity contribution in [1.82, 2.24) is 10.2 Å². The normalized spacial score (nSPS) is 15.3. The molecule has 1 heterocycles. The van der Waals surface area contributed by atoms with E-state index in [4.69, 9.17) is 5.73 Å². The summed E-state index contributed by atoms with van der Waals surface area (Å²) in [5, 5.41) is 2.50. The first-order valence-corrected chi connectivity index (χ1v) is 6.86. The highest BCUT2D eigenvalue weighted by Crippen LogP contribution is 2.16. The van der Waals surface area contributed by atoms with Gasteiger partial charge in [0.05, 0.1) is 0 Å². The van der Waals surface area contributed by atoms with Crippen LogP contribution in [-0.4, -0.2) is 56.5 Å². The van der Waals surface area contributed by atoms with E-state index < -0.39 is 0 Å². The number of hydrogen-bond acceptors (Lipinski definition) is 3. The molecule has 8 heteroatoms. The van der Waals surface area contributed by atoms with Gasteiger partial charge in [0.1, 0.15) is 12.4 Å². The fourth-order valence-electron chi connectivity index (χ4n) is 2.18. The summed E-state index contributed by atoms with van der Waals surface area (Å²) in [6.45, 7) is 3.05. The van der Waals surface area contributed by atoms with Crippen molar-refractivity contribution in [2.75, 3.05) is 44.7 Å². The molecule has 6 nitrogen and oxygen atoms in total. The van der Waals surface area contributed by atoms with Crippen molar-refractivity contribution >= 4 is 41.5 Å². The van der Waals surface area contributed by atoms with Gasteiger partial charge in [0.15, 0.2) is 5.96 Å². The molecular formula is C14H21FIN5O. The highest BCUT2D eigenvalue weighted by Gasteiger charge is 2.18. The quantitative estimate of drug-likeness (QED) is 0.427. The summed E-state index contributed by atoms with van der Waals surface area (Å²) < 4.78 is 12.9. The maximum absolute atomic E-state index is 12.9. The second-order valence-corrected chi connectivity index (χ2v) is 4.80. The van der Waals surface area contributed by atoms with Gasteiger partial charge in [-0.25, -0.2) is 9.38 Å². The number of nitrogens with zero attached hydrogens (tertiary/aromatic N) is 3. The molecule has 0 unspecified atom stereocenters. The molecule has 0 bridgehead atoms. The summed E-state index contributed by atoms with van der Waals surface area (Å²) in [5.74, 6) is -0.0109. The first kappa shape index (κ1) is 18.5. The summed E-state index contributed by atoms with van der Waals surface area (Å²) in [7, 11) is 1.56. The lowest BCUT2D eigenvalue weighted by Crippen LogP contribution is -2.51. The van der Waals surface area contributed by atoms with Crippen LogP contribution in [0.4, 0.5) is 10.1 Å². The zero-order valence-corrected chi connectivity index (χ0v) is 14.8. The highest BCUT2D eigenvalue weighted by atomic mass is 127. The largest absolute Gasteiger partial charge is 0.370 e. The van der Waals surface area contributed by atoms with Gasteiger partial charge in [0, 0.05) is 38.9 Å². The van der Waals surface area contributed by atoms with Crippen molar-refractivity contribution in [2.24, 2.45) is 10.7 Å². The first-order chi connectivity index (χ1) is 10.1. The van der Waals surface area contributed by atoms with Gasteiger partial charge < -0.3 is 20.9 Å². The summed E-state index contributed by atoms with van der Waals surface area (Å²) >= 11 is 0. The number of nitrogens with one attached hydrogen (secondary N) is 1. The van der Waals surface area contributed by atoms with Crippen LogP contribution in [-0.2, 0) is 4.79 Å². The Morgan fingerprint density at radius 1 is 1.27 bits per heavy atom. The van der Waals surface area contributed by atoms with E-state index in [1.807, 2.05) is 4.90 Å². The number of aliphatic imine (C=N–C) groups is 1. The van der Waals surface area contributed by atoms with Gasteiger partial charge in [-0.2, -0.15) is 0 Å². The molecule has 3 N–H and O–H groups in total. The van der Waals surface area contributed by atoms with Crippen LogP contribution in [0, 0.1) is 5.82 Å². The van der Waals surface area contributed by atoms with Gasteiger partial charge in [-0.1, -0.05) is 0 Å². The first-order valence-electron chi connectivity index (χ1n) is 6.86. The summed E-state index contributed by atoms with van der Waals surface area (Å²) in [6.07, 6.45) is 0. The van der Waals surface area contributed by atoms with Crippen LogP contribution in [0.25, 0.3) is 0 Å². The average molecular weight is 421 g/mol. The Balaban J connectivity index is 0.00000242. The summed E-state index contributed by atoms with van der Waals surface area (Å²) in [6, 6.07) is 6.46. The third-order valence-corrected chi connectivity index (χ3v) is 3.46. The SMILES string of the molecule is CNC(=O)CN=C(N)N1CCN(c2ccc(F)cc2)CC1.I. The molecule has 0 radical (unpaired) electrons. The van der Waals surface area contributed by atoms with Crippen LogP contribution in [0.3, 0.4) is 0 Å². The van der Waals surface area contributed by atoms with Crippen molar-refractivity contribution < 1.29 is 9.18 Å². The lowest BCUT2D eigenvalue weighted by molar-refractivity contribution is -0.119. The standard InChI is InChI=1S/C14H20FN5O.HI/c1-17-13(21)10-18-14(16)20-8-6-19(7-9-20)12-4-2-11(15)3-5-12;/h2-5H,6-10H2,1H3,(H2,16,18)(H,17,21);1H. The Morgan fingerprint density at radius 2 is 1.86 bits per heavy atom. The number of anilines is 1. The minimum absolute atomic E-state index is 0. The second kappa shape index (κ2) is 8.76. The lowest BCUT2D eigenvalue weighted by atomic mass is 10.2. The molecular weight excluding hydrogens is 400 g/mol. The molecule has 0 aliphatic carbocycles. The topological polar surface area (TPSA) is 74.0 Å². The number of carbonyl (C=O) groups is 1. The van der Waals surface area contributed by atoms with Gasteiger partial charge in [0.2, 0.25) is 5.91 Å². The molecule has 0 spiro atoms. The number of benzene rings is 1. The highest BCUT2D eigenvalue weighted by molar-refractivity contribution is 14.0. The Labute approximate surface area is 146 Å². The minimum Gasteiger partial charge on any atom is -0.370 e. The van der Waals surface area contributed by atoms with Crippen LogP contribution < -0.4 is 16.0 Å². The summed E-state index contributed by atoms with van der Waals surface area (Å²) in [5.41, 5.74) is 6.88. The number of carbonyl (C=O) groups excluding carboxylic acids is 1. The van der Waals surface area contributed by atoms with Crippen LogP contribution in [0.5, 0.6) is 0 Å². The number of halogens is 2. The Kier molecular flexibility index (Phi) is 7.36. The smallest absolute Gasteiger partial charge is 0.241 e. The molecule has 1 fully saturated rings. The molecule has 1 amide bonds. The van der Waals surface area contributed by atoms with Gasteiger partial charge in [-0.15, -0.1) is 24.0 Å². The Bertz CT molecular complexity index is 514. The number of rotatable bonds is 3. The van der Waals surface area contributed by atoms with Crippen molar-refractivity contribution in [3.05, 3.63) is 30.1 Å². The lowest BCUT2D eigenvalue weighted by Gasteiger charge is -2.36. The van der Waals surface area contributed by atoms with E-state index in [0.717, 1.165) is 31.9 Å².